The first kappa shape index (κ1) is 19.5. The van der Waals surface area contributed by atoms with Gasteiger partial charge in [0, 0.05) is 11.3 Å². The number of benzene rings is 2. The normalized spacial score (nSPS) is 11.4. The smallest absolute Gasteiger partial charge is 0.367 e. The fraction of sp³-hybridized carbons (Fsp3) is 0.222. The molecule has 1 N–H and O–H groups in total. The second-order valence-electron chi connectivity index (χ2n) is 5.95. The van der Waals surface area contributed by atoms with E-state index in [0.717, 1.165) is 0 Å². The van der Waals surface area contributed by atoms with E-state index in [-0.39, 0.29) is 12.5 Å². The Balaban J connectivity index is 1.63. The first-order chi connectivity index (χ1) is 13.3. The lowest BCUT2D eigenvalue weighted by atomic mass is 10.1. The molecule has 1 aromatic heterocycles. The molecule has 0 bridgehead atoms. The van der Waals surface area contributed by atoms with Gasteiger partial charge < -0.3 is 10.1 Å². The number of hydrogen-bond donors (Lipinski definition) is 1. The molecule has 1 heterocycles. The second-order valence-corrected chi connectivity index (χ2v) is 5.95. The number of amides is 1. The molecule has 1 amide bonds. The first-order valence-corrected chi connectivity index (χ1v) is 8.22. The van der Waals surface area contributed by atoms with Crippen LogP contribution in [-0.4, -0.2) is 38.9 Å². The number of nitrogens with zero attached hydrogens (tertiary/aromatic N) is 4. The molecule has 0 fully saturated rings. The van der Waals surface area contributed by atoms with Crippen molar-refractivity contribution >= 4 is 11.6 Å². The van der Waals surface area contributed by atoms with Crippen LogP contribution in [0, 0.1) is 6.92 Å². The number of hydrogen-bond acceptors (Lipinski definition) is 5. The Kier molecular flexibility index (Phi) is 5.69. The van der Waals surface area contributed by atoms with Crippen LogP contribution < -0.4 is 5.32 Å². The number of alkyl halides is 3. The van der Waals surface area contributed by atoms with Crippen LogP contribution >= 0.6 is 0 Å². The molecular weight excluding hydrogens is 375 g/mol. The van der Waals surface area contributed by atoms with Crippen LogP contribution in [0.5, 0.6) is 0 Å². The highest BCUT2D eigenvalue weighted by Gasteiger charge is 2.27. The van der Waals surface area contributed by atoms with Gasteiger partial charge in [-0.05, 0) is 53.2 Å². The number of aromatic nitrogens is 4. The Morgan fingerprint density at radius 2 is 1.93 bits per heavy atom. The molecule has 0 saturated heterocycles. The molecule has 10 heteroatoms. The number of nitrogens with one attached hydrogen (secondary N) is 1. The van der Waals surface area contributed by atoms with Gasteiger partial charge in [-0.15, -0.1) is 5.10 Å². The minimum Gasteiger partial charge on any atom is -0.367 e. The third-order valence-electron chi connectivity index (χ3n) is 3.72. The summed E-state index contributed by atoms with van der Waals surface area (Å²) in [5.74, 6) is 0.250. The third kappa shape index (κ3) is 5.13. The van der Waals surface area contributed by atoms with E-state index in [4.69, 9.17) is 0 Å². The second kappa shape index (κ2) is 8.17. The van der Waals surface area contributed by atoms with Crippen molar-refractivity contribution in [2.75, 3.05) is 11.9 Å². The van der Waals surface area contributed by atoms with Crippen LogP contribution in [0.2, 0.25) is 0 Å². The number of aryl methyl sites for hydroxylation is 1. The summed E-state index contributed by atoms with van der Waals surface area (Å²) < 4.78 is 42.4. The van der Waals surface area contributed by atoms with Crippen molar-refractivity contribution in [3.05, 3.63) is 65.5 Å². The largest absolute Gasteiger partial charge is 0.411 e. The Morgan fingerprint density at radius 1 is 1.18 bits per heavy atom. The van der Waals surface area contributed by atoms with Gasteiger partial charge in [0.25, 0.3) is 5.91 Å². The standard InChI is InChI=1S/C18H16F3N5O2/c1-12-23-24-25-26(12)16-4-2-3-15(9-16)22-17(27)14-7-5-13(6-8-14)10-28-11-18(19,20)21/h2-9H,10-11H2,1H3,(H,22,27). The maximum absolute atomic E-state index is 12.4. The minimum absolute atomic E-state index is 0.186. The summed E-state index contributed by atoms with van der Waals surface area (Å²) in [6.45, 7) is 0.256. The lowest BCUT2D eigenvalue weighted by Crippen LogP contribution is -2.16. The maximum atomic E-state index is 12.4. The molecule has 0 atom stereocenters. The van der Waals surface area contributed by atoms with Crippen molar-refractivity contribution < 1.29 is 22.7 Å². The van der Waals surface area contributed by atoms with Crippen molar-refractivity contribution in [2.45, 2.75) is 19.7 Å². The lowest BCUT2D eigenvalue weighted by Gasteiger charge is -2.09. The summed E-state index contributed by atoms with van der Waals surface area (Å²) in [4.78, 5) is 12.4. The number of anilines is 1. The van der Waals surface area contributed by atoms with E-state index in [1.807, 2.05) is 0 Å². The van der Waals surface area contributed by atoms with Crippen LogP contribution in [0.3, 0.4) is 0 Å². The molecule has 2 aromatic carbocycles. The fourth-order valence-electron chi connectivity index (χ4n) is 2.43. The summed E-state index contributed by atoms with van der Waals surface area (Å²) in [5, 5.41) is 14.0. The topological polar surface area (TPSA) is 81.9 Å². The average molecular weight is 391 g/mol. The summed E-state index contributed by atoms with van der Waals surface area (Å²) in [5.41, 5.74) is 2.15. The van der Waals surface area contributed by atoms with Crippen molar-refractivity contribution in [3.8, 4) is 5.69 Å². The molecular formula is C18H16F3N5O2. The van der Waals surface area contributed by atoms with Gasteiger partial charge in [0.15, 0.2) is 5.82 Å². The van der Waals surface area contributed by atoms with E-state index in [9.17, 15) is 18.0 Å². The maximum Gasteiger partial charge on any atom is 0.411 e. The van der Waals surface area contributed by atoms with E-state index in [1.165, 1.54) is 16.8 Å². The van der Waals surface area contributed by atoms with Gasteiger partial charge in [-0.2, -0.15) is 17.9 Å². The molecule has 0 unspecified atom stereocenters. The van der Waals surface area contributed by atoms with E-state index in [1.54, 1.807) is 43.3 Å². The van der Waals surface area contributed by atoms with Crippen molar-refractivity contribution in [1.29, 1.82) is 0 Å². The Bertz CT molecular complexity index is 954. The van der Waals surface area contributed by atoms with E-state index in [2.05, 4.69) is 25.6 Å². The number of halogens is 3. The zero-order valence-corrected chi connectivity index (χ0v) is 14.8. The van der Waals surface area contributed by atoms with Crippen LogP contribution in [-0.2, 0) is 11.3 Å². The van der Waals surface area contributed by atoms with Crippen molar-refractivity contribution in [2.24, 2.45) is 0 Å². The van der Waals surface area contributed by atoms with Crippen LogP contribution in [0.25, 0.3) is 5.69 Å². The van der Waals surface area contributed by atoms with Gasteiger partial charge in [-0.25, -0.2) is 0 Å². The lowest BCUT2D eigenvalue weighted by molar-refractivity contribution is -0.176. The predicted molar refractivity (Wildman–Crippen MR) is 94.0 cm³/mol. The zero-order chi connectivity index (χ0) is 20.1. The van der Waals surface area contributed by atoms with Crippen LogP contribution in [0.4, 0.5) is 18.9 Å². The summed E-state index contributed by atoms with van der Waals surface area (Å²) in [6, 6.07) is 13.1. The number of rotatable bonds is 6. The van der Waals surface area contributed by atoms with Gasteiger partial charge >= 0.3 is 6.18 Å². The van der Waals surface area contributed by atoms with E-state index >= 15 is 0 Å². The van der Waals surface area contributed by atoms with Crippen molar-refractivity contribution in [3.63, 3.8) is 0 Å². The molecule has 146 valence electrons. The Morgan fingerprint density at radius 3 is 2.57 bits per heavy atom. The monoisotopic (exact) mass is 391 g/mol. The summed E-state index contributed by atoms with van der Waals surface area (Å²) in [7, 11) is 0. The molecule has 0 aliphatic heterocycles. The van der Waals surface area contributed by atoms with Gasteiger partial charge in [0.2, 0.25) is 0 Å². The van der Waals surface area contributed by atoms with E-state index < -0.39 is 12.8 Å². The van der Waals surface area contributed by atoms with Crippen molar-refractivity contribution in [1.82, 2.24) is 20.2 Å². The minimum atomic E-state index is -4.37. The quantitative estimate of drug-likeness (QED) is 0.697. The molecule has 0 spiro atoms. The van der Waals surface area contributed by atoms with Gasteiger partial charge in [0.1, 0.15) is 6.61 Å². The van der Waals surface area contributed by atoms with Crippen LogP contribution in [0.1, 0.15) is 21.7 Å². The number of carbonyl (C=O) groups excluding carboxylic acids is 1. The molecule has 0 radical (unpaired) electrons. The number of carbonyl (C=O) groups is 1. The molecule has 3 aromatic rings. The highest BCUT2D eigenvalue weighted by molar-refractivity contribution is 6.04. The number of ether oxygens (including phenoxy) is 1. The molecule has 7 nitrogen and oxygen atoms in total. The summed E-state index contributed by atoms with van der Waals surface area (Å²) >= 11 is 0. The van der Waals surface area contributed by atoms with E-state index in [0.29, 0.717) is 28.3 Å². The van der Waals surface area contributed by atoms with Gasteiger partial charge in [0.05, 0.1) is 12.3 Å². The fourth-order valence-corrected chi connectivity index (χ4v) is 2.43. The predicted octanol–water partition coefficient (Wildman–Crippen LogP) is 3.30. The van der Waals surface area contributed by atoms with Gasteiger partial charge in [-0.3, -0.25) is 4.79 Å². The van der Waals surface area contributed by atoms with Gasteiger partial charge in [-0.1, -0.05) is 18.2 Å². The average Bonchev–Trinajstić information content (AvgIpc) is 3.07. The van der Waals surface area contributed by atoms with Crippen LogP contribution in [0.15, 0.2) is 48.5 Å². The molecule has 3 rings (SSSR count). The Labute approximate surface area is 158 Å². The SMILES string of the molecule is Cc1nnnn1-c1cccc(NC(=O)c2ccc(COCC(F)(F)F)cc2)c1. The Hall–Kier alpha value is -3.27. The highest BCUT2D eigenvalue weighted by atomic mass is 19.4. The molecule has 0 aliphatic carbocycles. The molecule has 0 saturated carbocycles. The molecule has 28 heavy (non-hydrogen) atoms. The highest BCUT2D eigenvalue weighted by Crippen LogP contribution is 2.17. The first-order valence-electron chi connectivity index (χ1n) is 8.22. The zero-order valence-electron chi connectivity index (χ0n) is 14.8. The summed E-state index contributed by atoms with van der Waals surface area (Å²) in [6.07, 6.45) is -4.37. The third-order valence-corrected chi connectivity index (χ3v) is 3.72. The number of tetrazole rings is 1. The molecule has 0 aliphatic rings.